The summed E-state index contributed by atoms with van der Waals surface area (Å²) >= 11 is 0. The van der Waals surface area contributed by atoms with E-state index in [0.717, 1.165) is 11.3 Å². The molecule has 120 valence electrons. The molecule has 0 spiro atoms. The molecule has 0 aliphatic rings. The summed E-state index contributed by atoms with van der Waals surface area (Å²) in [5.41, 5.74) is 0.946. The molecule has 1 N–H and O–H groups in total. The second-order valence-electron chi connectivity index (χ2n) is 5.38. The average molecular weight is 314 g/mol. The minimum atomic E-state index is -3.21. The van der Waals surface area contributed by atoms with E-state index in [-0.39, 0.29) is 5.75 Å². The Morgan fingerprint density at radius 2 is 1.86 bits per heavy atom. The first kappa shape index (κ1) is 17.9. The third-order valence-electron chi connectivity index (χ3n) is 3.17. The highest BCUT2D eigenvalue weighted by molar-refractivity contribution is 7.89. The number of rotatable bonds is 9. The summed E-state index contributed by atoms with van der Waals surface area (Å²) in [4.78, 5) is 0. The topological polar surface area (TPSA) is 58.6 Å². The maximum atomic E-state index is 12.2. The maximum Gasteiger partial charge on any atom is 0.214 e. The molecular weight excluding hydrogens is 288 g/mol. The van der Waals surface area contributed by atoms with Gasteiger partial charge in [0.2, 0.25) is 10.0 Å². The van der Waals surface area contributed by atoms with Crippen molar-refractivity contribution in [2.75, 3.05) is 26.5 Å². The largest absolute Gasteiger partial charge is 0.497 e. The Bertz CT molecular complexity index is 512. The van der Waals surface area contributed by atoms with Gasteiger partial charge in [-0.2, -0.15) is 0 Å². The first-order valence-electron chi connectivity index (χ1n) is 7.15. The van der Waals surface area contributed by atoms with E-state index < -0.39 is 10.0 Å². The molecule has 1 rings (SSSR count). The average Bonchev–Trinajstić information content (AvgIpc) is 2.44. The lowest BCUT2D eigenvalue weighted by Crippen LogP contribution is -2.31. The molecule has 5 nitrogen and oxygen atoms in total. The third-order valence-corrected chi connectivity index (χ3v) is 5.05. The fraction of sp³-hybridized carbons (Fsp3) is 0.600. The molecule has 1 aromatic rings. The van der Waals surface area contributed by atoms with E-state index >= 15 is 0 Å². The Morgan fingerprint density at radius 3 is 2.38 bits per heavy atom. The van der Waals surface area contributed by atoms with Crippen LogP contribution >= 0.6 is 0 Å². The van der Waals surface area contributed by atoms with E-state index in [1.54, 1.807) is 14.2 Å². The van der Waals surface area contributed by atoms with Crippen molar-refractivity contribution in [2.24, 2.45) is 0 Å². The van der Waals surface area contributed by atoms with E-state index in [4.69, 9.17) is 4.74 Å². The first-order valence-corrected chi connectivity index (χ1v) is 8.76. The molecule has 0 heterocycles. The van der Waals surface area contributed by atoms with E-state index in [9.17, 15) is 8.42 Å². The molecule has 0 bridgehead atoms. The van der Waals surface area contributed by atoms with Gasteiger partial charge in [0.25, 0.3) is 0 Å². The van der Waals surface area contributed by atoms with Crippen molar-refractivity contribution in [3.05, 3.63) is 29.8 Å². The molecule has 0 fully saturated rings. The van der Waals surface area contributed by atoms with Gasteiger partial charge in [-0.1, -0.05) is 26.0 Å². The molecule has 21 heavy (non-hydrogen) atoms. The van der Waals surface area contributed by atoms with Gasteiger partial charge in [-0.15, -0.1) is 0 Å². The van der Waals surface area contributed by atoms with Crippen LogP contribution in [0.25, 0.3) is 0 Å². The van der Waals surface area contributed by atoms with Crippen molar-refractivity contribution in [3.8, 4) is 5.75 Å². The van der Waals surface area contributed by atoms with Gasteiger partial charge >= 0.3 is 0 Å². The standard InChI is InChI=1S/C15H26N2O3S/c1-13(2)16-10-5-11-21(18,19)17(3)12-14-6-8-15(20-4)9-7-14/h6-9,13,16H,5,10-12H2,1-4H3. The zero-order valence-electron chi connectivity index (χ0n) is 13.3. The predicted molar refractivity (Wildman–Crippen MR) is 86.0 cm³/mol. The molecule has 0 amide bonds. The number of methoxy groups -OCH3 is 1. The van der Waals surface area contributed by atoms with E-state index in [2.05, 4.69) is 5.32 Å². The van der Waals surface area contributed by atoms with Gasteiger partial charge in [-0.3, -0.25) is 0 Å². The van der Waals surface area contributed by atoms with Crippen LogP contribution < -0.4 is 10.1 Å². The highest BCUT2D eigenvalue weighted by Gasteiger charge is 2.17. The minimum Gasteiger partial charge on any atom is -0.497 e. The maximum absolute atomic E-state index is 12.2. The van der Waals surface area contributed by atoms with Crippen LogP contribution in [-0.2, 0) is 16.6 Å². The number of hydrogen-bond donors (Lipinski definition) is 1. The number of ether oxygens (including phenoxy) is 1. The van der Waals surface area contributed by atoms with E-state index in [0.29, 0.717) is 25.6 Å². The summed E-state index contributed by atoms with van der Waals surface area (Å²) in [6, 6.07) is 7.81. The summed E-state index contributed by atoms with van der Waals surface area (Å²) in [7, 11) is 0.0184. The Kier molecular flexibility index (Phi) is 7.14. The van der Waals surface area contributed by atoms with Gasteiger partial charge in [-0.05, 0) is 30.7 Å². The quantitative estimate of drug-likeness (QED) is 0.707. The zero-order valence-corrected chi connectivity index (χ0v) is 14.1. The summed E-state index contributed by atoms with van der Waals surface area (Å²) in [6.45, 7) is 5.19. The van der Waals surface area contributed by atoms with Crippen LogP contribution in [0.15, 0.2) is 24.3 Å². The normalized spacial score (nSPS) is 12.1. The lowest BCUT2D eigenvalue weighted by molar-refractivity contribution is 0.414. The Labute approximate surface area is 128 Å². The van der Waals surface area contributed by atoms with Crippen molar-refractivity contribution in [1.29, 1.82) is 0 Å². The lowest BCUT2D eigenvalue weighted by atomic mass is 10.2. The highest BCUT2D eigenvalue weighted by atomic mass is 32.2. The van der Waals surface area contributed by atoms with Crippen LogP contribution in [0.5, 0.6) is 5.75 Å². The second-order valence-corrected chi connectivity index (χ2v) is 7.58. The number of nitrogens with one attached hydrogen (secondary N) is 1. The summed E-state index contributed by atoms with van der Waals surface area (Å²) in [5, 5.41) is 3.22. The molecule has 0 atom stereocenters. The molecule has 0 aliphatic heterocycles. The van der Waals surface area contributed by atoms with Crippen LogP contribution in [-0.4, -0.2) is 45.2 Å². The molecule has 0 saturated carbocycles. The van der Waals surface area contributed by atoms with Crippen LogP contribution in [0.1, 0.15) is 25.8 Å². The second kappa shape index (κ2) is 8.36. The minimum absolute atomic E-state index is 0.166. The van der Waals surface area contributed by atoms with Gasteiger partial charge < -0.3 is 10.1 Å². The van der Waals surface area contributed by atoms with Crippen molar-refractivity contribution in [3.63, 3.8) is 0 Å². The number of sulfonamides is 1. The zero-order chi connectivity index (χ0) is 15.9. The molecule has 6 heteroatoms. The molecular formula is C15H26N2O3S. The molecule has 0 saturated heterocycles. The Morgan fingerprint density at radius 1 is 1.24 bits per heavy atom. The SMILES string of the molecule is COc1ccc(CN(C)S(=O)(=O)CCCNC(C)C)cc1. The molecule has 0 aromatic heterocycles. The fourth-order valence-electron chi connectivity index (χ4n) is 1.89. The molecule has 0 aliphatic carbocycles. The Balaban J connectivity index is 2.49. The number of nitrogens with zero attached hydrogens (tertiary/aromatic N) is 1. The van der Waals surface area contributed by atoms with Gasteiger partial charge in [0.05, 0.1) is 12.9 Å². The summed E-state index contributed by atoms with van der Waals surface area (Å²) in [5.74, 6) is 0.934. The van der Waals surface area contributed by atoms with E-state index in [1.165, 1.54) is 4.31 Å². The Hall–Kier alpha value is -1.11. The van der Waals surface area contributed by atoms with Gasteiger partial charge in [-0.25, -0.2) is 12.7 Å². The monoisotopic (exact) mass is 314 g/mol. The summed E-state index contributed by atoms with van der Waals surface area (Å²) < 4.78 is 30.8. The number of benzene rings is 1. The van der Waals surface area contributed by atoms with Crippen molar-refractivity contribution < 1.29 is 13.2 Å². The first-order chi connectivity index (χ1) is 9.85. The smallest absolute Gasteiger partial charge is 0.214 e. The van der Waals surface area contributed by atoms with Crippen molar-refractivity contribution in [1.82, 2.24) is 9.62 Å². The molecule has 1 aromatic carbocycles. The van der Waals surface area contributed by atoms with Crippen LogP contribution in [0, 0.1) is 0 Å². The number of hydrogen-bond acceptors (Lipinski definition) is 4. The van der Waals surface area contributed by atoms with Gasteiger partial charge in [0, 0.05) is 19.6 Å². The highest BCUT2D eigenvalue weighted by Crippen LogP contribution is 2.14. The lowest BCUT2D eigenvalue weighted by Gasteiger charge is -2.17. The van der Waals surface area contributed by atoms with Crippen LogP contribution in [0.4, 0.5) is 0 Å². The van der Waals surface area contributed by atoms with Crippen LogP contribution in [0.2, 0.25) is 0 Å². The van der Waals surface area contributed by atoms with Crippen LogP contribution in [0.3, 0.4) is 0 Å². The van der Waals surface area contributed by atoms with Gasteiger partial charge in [0.1, 0.15) is 5.75 Å². The molecule has 0 unspecified atom stereocenters. The fourth-order valence-corrected chi connectivity index (χ4v) is 3.05. The summed E-state index contributed by atoms with van der Waals surface area (Å²) in [6.07, 6.45) is 0.619. The predicted octanol–water partition coefficient (Wildman–Crippen LogP) is 1.84. The molecule has 0 radical (unpaired) electrons. The third kappa shape index (κ3) is 6.46. The van der Waals surface area contributed by atoms with Crippen molar-refractivity contribution >= 4 is 10.0 Å². The van der Waals surface area contributed by atoms with E-state index in [1.807, 2.05) is 38.1 Å². The van der Waals surface area contributed by atoms with Crippen molar-refractivity contribution in [2.45, 2.75) is 32.9 Å². The van der Waals surface area contributed by atoms with Gasteiger partial charge in [0.15, 0.2) is 0 Å².